The van der Waals surface area contributed by atoms with E-state index in [9.17, 15) is 0 Å². The number of halogens is 1. The van der Waals surface area contributed by atoms with Crippen molar-refractivity contribution in [3.63, 3.8) is 0 Å². The molecule has 0 aromatic rings. The molecule has 0 rings (SSSR count). The summed E-state index contributed by atoms with van der Waals surface area (Å²) in [5.74, 6) is 0.532. The first-order valence-electron chi connectivity index (χ1n) is 6.04. The van der Waals surface area contributed by atoms with Gasteiger partial charge in [-0.05, 0) is 41.2 Å². The largest absolute Gasteiger partial charge is 0.370 e. The Morgan fingerprint density at radius 1 is 1.41 bits per heavy atom. The number of nitrogens with zero attached hydrogens (tertiary/aromatic N) is 2. The summed E-state index contributed by atoms with van der Waals surface area (Å²) < 4.78 is 0. The summed E-state index contributed by atoms with van der Waals surface area (Å²) in [6.07, 6.45) is 1.16. The molecule has 0 heterocycles. The molecule has 0 saturated heterocycles. The first-order valence-corrected chi connectivity index (χ1v) is 6.04. The Kier molecular flexibility index (Phi) is 10.2. The zero-order chi connectivity index (χ0) is 12.8. The van der Waals surface area contributed by atoms with Gasteiger partial charge < -0.3 is 16.0 Å². The summed E-state index contributed by atoms with van der Waals surface area (Å²) in [4.78, 5) is 6.61. The van der Waals surface area contributed by atoms with Gasteiger partial charge in [0.1, 0.15) is 0 Å². The monoisotopic (exact) mass is 356 g/mol. The van der Waals surface area contributed by atoms with Crippen LogP contribution in [0.3, 0.4) is 0 Å². The van der Waals surface area contributed by atoms with E-state index in [-0.39, 0.29) is 29.5 Å². The highest BCUT2D eigenvalue weighted by Crippen LogP contribution is 1.99. The summed E-state index contributed by atoms with van der Waals surface area (Å²) in [6.45, 7) is 12.3. The van der Waals surface area contributed by atoms with Crippen molar-refractivity contribution in [1.82, 2.24) is 10.2 Å². The number of rotatable bonds is 5. The van der Waals surface area contributed by atoms with Gasteiger partial charge in [0.25, 0.3) is 0 Å². The van der Waals surface area contributed by atoms with Crippen molar-refractivity contribution < 1.29 is 0 Å². The standard InChI is InChI=1S/C12H28N4.HI/c1-7-10(2)16(6)9-8-14-11(13)15-12(3,4)5;/h10H,7-9H2,1-6H3,(H3,13,14,15);1H. The first-order chi connectivity index (χ1) is 7.26. The van der Waals surface area contributed by atoms with E-state index < -0.39 is 0 Å². The van der Waals surface area contributed by atoms with Crippen LogP contribution in [0.15, 0.2) is 4.99 Å². The van der Waals surface area contributed by atoms with Crippen LogP contribution in [0.5, 0.6) is 0 Å². The smallest absolute Gasteiger partial charge is 0.189 e. The zero-order valence-corrected chi connectivity index (χ0v) is 14.4. The van der Waals surface area contributed by atoms with Gasteiger partial charge >= 0.3 is 0 Å². The minimum absolute atomic E-state index is 0. The van der Waals surface area contributed by atoms with Crippen LogP contribution >= 0.6 is 24.0 Å². The number of nitrogens with one attached hydrogen (secondary N) is 1. The molecule has 0 fully saturated rings. The lowest BCUT2D eigenvalue weighted by Gasteiger charge is -2.23. The van der Waals surface area contributed by atoms with Crippen molar-refractivity contribution in [3.8, 4) is 0 Å². The molecule has 104 valence electrons. The summed E-state index contributed by atoms with van der Waals surface area (Å²) in [5, 5.41) is 3.15. The maximum absolute atomic E-state index is 5.78. The van der Waals surface area contributed by atoms with Crippen LogP contribution in [0.25, 0.3) is 0 Å². The van der Waals surface area contributed by atoms with Crippen molar-refractivity contribution in [2.75, 3.05) is 20.1 Å². The normalized spacial score (nSPS) is 14.4. The minimum atomic E-state index is -0.0177. The van der Waals surface area contributed by atoms with Crippen molar-refractivity contribution in [1.29, 1.82) is 0 Å². The highest BCUT2D eigenvalue weighted by atomic mass is 127. The topological polar surface area (TPSA) is 53.6 Å². The highest BCUT2D eigenvalue weighted by molar-refractivity contribution is 14.0. The maximum atomic E-state index is 5.78. The first kappa shape index (κ1) is 19.3. The zero-order valence-electron chi connectivity index (χ0n) is 12.1. The quantitative estimate of drug-likeness (QED) is 0.450. The van der Waals surface area contributed by atoms with Crippen LogP contribution in [-0.2, 0) is 0 Å². The fraction of sp³-hybridized carbons (Fsp3) is 0.917. The Morgan fingerprint density at radius 3 is 2.35 bits per heavy atom. The molecule has 1 unspecified atom stereocenters. The van der Waals surface area contributed by atoms with Gasteiger partial charge in [0.05, 0.1) is 6.54 Å². The highest BCUT2D eigenvalue weighted by Gasteiger charge is 2.10. The third-order valence-corrected chi connectivity index (χ3v) is 2.58. The fourth-order valence-corrected chi connectivity index (χ4v) is 1.28. The fourth-order valence-electron chi connectivity index (χ4n) is 1.28. The Hall–Kier alpha value is -0.0400. The molecule has 0 aliphatic heterocycles. The van der Waals surface area contributed by atoms with Gasteiger partial charge in [-0.2, -0.15) is 0 Å². The molecule has 0 saturated carbocycles. The van der Waals surface area contributed by atoms with Gasteiger partial charge in [-0.1, -0.05) is 6.92 Å². The van der Waals surface area contributed by atoms with E-state index in [1.807, 2.05) is 0 Å². The van der Waals surface area contributed by atoms with Crippen molar-refractivity contribution in [2.24, 2.45) is 10.7 Å². The van der Waals surface area contributed by atoms with Crippen molar-refractivity contribution >= 4 is 29.9 Å². The Labute approximate surface area is 123 Å². The number of guanidine groups is 1. The Bertz CT molecular complexity index is 223. The molecule has 0 spiro atoms. The van der Waals surface area contributed by atoms with E-state index in [1.54, 1.807) is 0 Å². The predicted octanol–water partition coefficient (Wildman–Crippen LogP) is 2.04. The second-order valence-electron chi connectivity index (χ2n) is 5.38. The van der Waals surface area contributed by atoms with Gasteiger partial charge in [0.15, 0.2) is 5.96 Å². The lowest BCUT2D eigenvalue weighted by Crippen LogP contribution is -2.45. The molecule has 0 radical (unpaired) electrons. The number of hydrogen-bond donors (Lipinski definition) is 2. The lowest BCUT2D eigenvalue weighted by atomic mass is 10.1. The van der Waals surface area contributed by atoms with Crippen LogP contribution in [-0.4, -0.2) is 42.6 Å². The number of nitrogens with two attached hydrogens (primary N) is 1. The van der Waals surface area contributed by atoms with E-state index in [0.717, 1.165) is 19.5 Å². The van der Waals surface area contributed by atoms with Gasteiger partial charge in [0.2, 0.25) is 0 Å². The molecule has 0 aliphatic carbocycles. The van der Waals surface area contributed by atoms with Crippen LogP contribution in [0.1, 0.15) is 41.0 Å². The molecule has 0 aromatic carbocycles. The maximum Gasteiger partial charge on any atom is 0.189 e. The molecule has 0 bridgehead atoms. The summed E-state index contributed by atoms with van der Waals surface area (Å²) in [7, 11) is 2.12. The molecule has 0 aromatic heterocycles. The van der Waals surface area contributed by atoms with Gasteiger partial charge in [-0.25, -0.2) is 0 Å². The average molecular weight is 356 g/mol. The van der Waals surface area contributed by atoms with E-state index in [4.69, 9.17) is 5.73 Å². The molecule has 0 amide bonds. The summed E-state index contributed by atoms with van der Waals surface area (Å²) in [6, 6.07) is 0.604. The predicted molar refractivity (Wildman–Crippen MR) is 87.2 cm³/mol. The third kappa shape index (κ3) is 10.8. The van der Waals surface area contributed by atoms with E-state index >= 15 is 0 Å². The van der Waals surface area contributed by atoms with Crippen LogP contribution in [0, 0.1) is 0 Å². The molecule has 0 aliphatic rings. The lowest BCUT2D eigenvalue weighted by molar-refractivity contribution is 0.259. The summed E-state index contributed by atoms with van der Waals surface area (Å²) >= 11 is 0. The van der Waals surface area contributed by atoms with E-state index in [2.05, 4.69) is 56.9 Å². The van der Waals surface area contributed by atoms with Gasteiger partial charge in [-0.3, -0.25) is 4.99 Å². The molecule has 4 nitrogen and oxygen atoms in total. The molecule has 5 heteroatoms. The van der Waals surface area contributed by atoms with Crippen LogP contribution in [0.2, 0.25) is 0 Å². The third-order valence-electron chi connectivity index (χ3n) is 2.58. The van der Waals surface area contributed by atoms with E-state index in [0.29, 0.717) is 12.0 Å². The van der Waals surface area contributed by atoms with Gasteiger partial charge in [0, 0.05) is 18.1 Å². The number of aliphatic imine (C=N–C) groups is 1. The number of hydrogen-bond acceptors (Lipinski definition) is 2. The molecular weight excluding hydrogens is 327 g/mol. The molecule has 1 atom stereocenters. The van der Waals surface area contributed by atoms with Crippen LogP contribution < -0.4 is 11.1 Å². The minimum Gasteiger partial charge on any atom is -0.370 e. The Balaban J connectivity index is 0. The summed E-state index contributed by atoms with van der Waals surface area (Å²) in [5.41, 5.74) is 5.76. The SMILES string of the molecule is CCC(C)N(C)CCN=C(N)NC(C)(C)C.I. The number of likely N-dealkylation sites (N-methyl/N-ethyl adjacent to an activating group) is 1. The second-order valence-corrected chi connectivity index (χ2v) is 5.38. The molecule has 17 heavy (non-hydrogen) atoms. The Morgan fingerprint density at radius 2 is 1.94 bits per heavy atom. The average Bonchev–Trinajstić information content (AvgIpc) is 2.13. The van der Waals surface area contributed by atoms with Crippen LogP contribution in [0.4, 0.5) is 0 Å². The van der Waals surface area contributed by atoms with Crippen molar-refractivity contribution in [2.45, 2.75) is 52.6 Å². The second kappa shape index (κ2) is 8.97. The van der Waals surface area contributed by atoms with Crippen molar-refractivity contribution in [3.05, 3.63) is 0 Å². The molecular formula is C12H29IN4. The molecule has 3 N–H and O–H groups in total. The van der Waals surface area contributed by atoms with Gasteiger partial charge in [-0.15, -0.1) is 24.0 Å². The van der Waals surface area contributed by atoms with E-state index in [1.165, 1.54) is 0 Å².